The van der Waals surface area contributed by atoms with E-state index in [0.717, 1.165) is 65.8 Å². The summed E-state index contributed by atoms with van der Waals surface area (Å²) in [4.78, 5) is 21.3. The molecule has 0 bridgehead atoms. The minimum absolute atomic E-state index is 0.256. The summed E-state index contributed by atoms with van der Waals surface area (Å²) in [5, 5.41) is 7.86. The van der Waals surface area contributed by atoms with Crippen LogP contribution in [0, 0.1) is 0 Å². The second-order valence-corrected chi connectivity index (χ2v) is 19.9. The fourth-order valence-electron chi connectivity index (χ4n) is 10.5. The van der Waals surface area contributed by atoms with Gasteiger partial charge >= 0.3 is 0 Å². The number of furan rings is 1. The van der Waals surface area contributed by atoms with Crippen LogP contribution >= 0.6 is 22.7 Å². The molecule has 5 nitrogen and oxygen atoms in total. The zero-order chi connectivity index (χ0) is 43.7. The maximum absolute atomic E-state index is 6.60. The van der Waals surface area contributed by atoms with Crippen LogP contribution in [0.2, 0.25) is 0 Å². The van der Waals surface area contributed by atoms with Crippen molar-refractivity contribution in [3.63, 3.8) is 0 Å². The van der Waals surface area contributed by atoms with Gasteiger partial charge < -0.3 is 4.42 Å². The molecule has 0 saturated heterocycles. The number of thiophene rings is 1. The van der Waals surface area contributed by atoms with E-state index in [1.165, 1.54) is 57.9 Å². The molecule has 1 aliphatic rings. The number of rotatable bonds is 5. The largest absolute Gasteiger partial charge is 0.456 e. The fraction of sp³-hybridized carbons (Fsp3) is 0.0508. The smallest absolute Gasteiger partial charge is 0.164 e. The van der Waals surface area contributed by atoms with E-state index < -0.39 is 0 Å². The van der Waals surface area contributed by atoms with Gasteiger partial charge in [-0.05, 0) is 99.4 Å². The zero-order valence-corrected chi connectivity index (χ0v) is 37.5. The molecule has 14 rings (SSSR count). The van der Waals surface area contributed by atoms with E-state index in [1.807, 2.05) is 11.3 Å². The van der Waals surface area contributed by atoms with Crippen LogP contribution < -0.4 is 0 Å². The standard InChI is InChI=1S/C59H36N4OS2/c1-59(2)46-21-7-5-16-40(46)42-19-10-20-43(53(42)59)57-62-55(61-56(63-57)36-26-28-50-44(31-36)41-17-6-8-23-49(41)65-50)35-24-27-47-45(32-35)52-38(18-11-22-48(52)64-47)34-13-9-14-37(30-34)58-60-54-39-15-4-3-12-33(39)25-29-51(54)66-58/h3-32H,1-2H3. The number of nitrogens with zero attached hydrogens (tertiary/aromatic N) is 4. The number of aromatic nitrogens is 4. The van der Waals surface area contributed by atoms with Crippen molar-refractivity contribution in [2.45, 2.75) is 19.3 Å². The van der Waals surface area contributed by atoms with Crippen LogP contribution in [0.4, 0.5) is 0 Å². The minimum atomic E-state index is -0.256. The summed E-state index contributed by atoms with van der Waals surface area (Å²) in [5.41, 5.74) is 13.6. The molecule has 7 heteroatoms. The van der Waals surface area contributed by atoms with Crippen LogP contribution in [0.1, 0.15) is 25.0 Å². The van der Waals surface area contributed by atoms with Gasteiger partial charge in [-0.1, -0.05) is 135 Å². The minimum Gasteiger partial charge on any atom is -0.456 e. The van der Waals surface area contributed by atoms with Gasteiger partial charge in [-0.25, -0.2) is 19.9 Å². The Morgan fingerprint density at radius 1 is 0.409 bits per heavy atom. The molecule has 13 aromatic rings. The number of benzene rings is 9. The predicted molar refractivity (Wildman–Crippen MR) is 275 cm³/mol. The van der Waals surface area contributed by atoms with Gasteiger partial charge in [-0.15, -0.1) is 22.7 Å². The lowest BCUT2D eigenvalue weighted by Crippen LogP contribution is -2.17. The van der Waals surface area contributed by atoms with Crippen LogP contribution in [-0.4, -0.2) is 19.9 Å². The molecule has 4 aromatic heterocycles. The first-order valence-electron chi connectivity index (χ1n) is 22.2. The Balaban J connectivity index is 0.943. The third-order valence-electron chi connectivity index (χ3n) is 13.5. The molecular formula is C59H36N4OS2. The second kappa shape index (κ2) is 14.1. The van der Waals surface area contributed by atoms with Gasteiger partial charge in [0.25, 0.3) is 0 Å². The topological polar surface area (TPSA) is 64.7 Å². The lowest BCUT2D eigenvalue weighted by Gasteiger charge is -2.24. The summed E-state index contributed by atoms with van der Waals surface area (Å²) >= 11 is 3.54. The van der Waals surface area contributed by atoms with Crippen molar-refractivity contribution in [2.24, 2.45) is 0 Å². The predicted octanol–water partition coefficient (Wildman–Crippen LogP) is 16.5. The van der Waals surface area contributed by atoms with Gasteiger partial charge in [-0.3, -0.25) is 0 Å². The van der Waals surface area contributed by atoms with Gasteiger partial charge in [0.2, 0.25) is 0 Å². The van der Waals surface area contributed by atoms with Gasteiger partial charge in [0.15, 0.2) is 17.5 Å². The normalized spacial score (nSPS) is 13.1. The first-order chi connectivity index (χ1) is 32.4. The molecular weight excluding hydrogens is 845 g/mol. The van der Waals surface area contributed by atoms with Crippen molar-refractivity contribution >= 4 is 85.8 Å². The van der Waals surface area contributed by atoms with E-state index in [-0.39, 0.29) is 5.41 Å². The molecule has 0 radical (unpaired) electrons. The lowest BCUT2D eigenvalue weighted by atomic mass is 9.80. The molecule has 0 saturated carbocycles. The Labute approximate surface area is 387 Å². The van der Waals surface area contributed by atoms with Crippen molar-refractivity contribution in [1.82, 2.24) is 19.9 Å². The maximum Gasteiger partial charge on any atom is 0.164 e. The van der Waals surface area contributed by atoms with E-state index in [2.05, 4.69) is 196 Å². The average molecular weight is 881 g/mol. The number of hydrogen-bond acceptors (Lipinski definition) is 7. The molecule has 4 heterocycles. The number of fused-ring (bicyclic) bond motifs is 12. The molecule has 0 unspecified atom stereocenters. The molecule has 0 fully saturated rings. The van der Waals surface area contributed by atoms with Crippen LogP contribution in [0.5, 0.6) is 0 Å². The Bertz CT molecular complexity index is 4180. The quantitative estimate of drug-likeness (QED) is 0.172. The van der Waals surface area contributed by atoms with Crippen molar-refractivity contribution in [2.75, 3.05) is 0 Å². The highest BCUT2D eigenvalue weighted by Crippen LogP contribution is 2.52. The SMILES string of the molecule is CC1(C)c2ccccc2-c2cccc(-c3nc(-c4ccc5sc6ccccc6c5c4)nc(-c4ccc5oc6cccc(-c7cccc(-c8nc9c(ccc%10ccccc%109)s8)c7)c6c5c4)n3)c21. The Morgan fingerprint density at radius 3 is 1.98 bits per heavy atom. The molecule has 0 spiro atoms. The number of thiazole rings is 1. The van der Waals surface area contributed by atoms with E-state index in [0.29, 0.717) is 17.5 Å². The molecule has 0 atom stereocenters. The Morgan fingerprint density at radius 2 is 1.08 bits per heavy atom. The molecule has 0 N–H and O–H groups in total. The second-order valence-electron chi connectivity index (χ2n) is 17.7. The summed E-state index contributed by atoms with van der Waals surface area (Å²) in [7, 11) is 0. The highest BCUT2D eigenvalue weighted by molar-refractivity contribution is 7.25. The van der Waals surface area contributed by atoms with Crippen molar-refractivity contribution < 1.29 is 4.42 Å². The van der Waals surface area contributed by atoms with E-state index in [1.54, 1.807) is 11.3 Å². The highest BCUT2D eigenvalue weighted by Gasteiger charge is 2.38. The maximum atomic E-state index is 6.60. The van der Waals surface area contributed by atoms with Gasteiger partial charge in [0.05, 0.1) is 10.2 Å². The van der Waals surface area contributed by atoms with Crippen molar-refractivity contribution in [1.29, 1.82) is 0 Å². The summed E-state index contributed by atoms with van der Waals surface area (Å²) in [6, 6.07) is 64.7. The van der Waals surface area contributed by atoms with Gasteiger partial charge in [0, 0.05) is 64.0 Å². The Kier molecular flexibility index (Phi) is 8.00. The molecule has 66 heavy (non-hydrogen) atoms. The molecule has 0 aliphatic heterocycles. The van der Waals surface area contributed by atoms with Crippen LogP contribution in [-0.2, 0) is 5.41 Å². The van der Waals surface area contributed by atoms with Gasteiger partial charge in [0.1, 0.15) is 16.2 Å². The van der Waals surface area contributed by atoms with Crippen LogP contribution in [0.15, 0.2) is 186 Å². The third kappa shape index (κ3) is 5.63. The molecule has 310 valence electrons. The van der Waals surface area contributed by atoms with E-state index >= 15 is 0 Å². The summed E-state index contributed by atoms with van der Waals surface area (Å²) in [6.07, 6.45) is 0. The molecule has 9 aromatic carbocycles. The molecule has 1 aliphatic carbocycles. The summed E-state index contributed by atoms with van der Waals surface area (Å²) in [6.45, 7) is 4.62. The summed E-state index contributed by atoms with van der Waals surface area (Å²) < 4.78 is 10.3. The number of hydrogen-bond donors (Lipinski definition) is 0. The highest BCUT2D eigenvalue weighted by atomic mass is 32.1. The first-order valence-corrected chi connectivity index (χ1v) is 23.8. The first kappa shape index (κ1) is 37.5. The average Bonchev–Trinajstić information content (AvgIpc) is 4.13. The molecule has 0 amide bonds. The monoisotopic (exact) mass is 880 g/mol. The van der Waals surface area contributed by atoms with Crippen molar-refractivity contribution in [3.8, 4) is 67.0 Å². The Hall–Kier alpha value is -7.84. The zero-order valence-electron chi connectivity index (χ0n) is 35.8. The summed E-state index contributed by atoms with van der Waals surface area (Å²) in [5.74, 6) is 1.89. The van der Waals surface area contributed by atoms with Crippen molar-refractivity contribution in [3.05, 3.63) is 193 Å². The van der Waals surface area contributed by atoms with Crippen LogP contribution in [0.3, 0.4) is 0 Å². The van der Waals surface area contributed by atoms with Gasteiger partial charge in [-0.2, -0.15) is 0 Å². The third-order valence-corrected chi connectivity index (χ3v) is 15.8. The van der Waals surface area contributed by atoms with Crippen LogP contribution in [0.25, 0.3) is 130 Å². The van der Waals surface area contributed by atoms with E-state index in [4.69, 9.17) is 24.4 Å². The van der Waals surface area contributed by atoms with E-state index in [9.17, 15) is 0 Å². The lowest BCUT2D eigenvalue weighted by molar-refractivity contribution is 0.661. The fourth-order valence-corrected chi connectivity index (χ4v) is 12.5.